The number of likely N-dealkylation sites (N-methyl/N-ethyl adjacent to an activating group) is 1. The average Bonchev–Trinajstić information content (AvgIpc) is 3.64. The summed E-state index contributed by atoms with van der Waals surface area (Å²) < 4.78 is 1.70. The van der Waals surface area contributed by atoms with Gasteiger partial charge in [-0.05, 0) is 44.0 Å². The molecule has 2 aliphatic rings. The van der Waals surface area contributed by atoms with Crippen LogP contribution in [0.3, 0.4) is 0 Å². The average molecular weight is 486 g/mol. The molecule has 36 heavy (non-hydrogen) atoms. The number of nitrogens with one attached hydrogen (secondary N) is 3. The second kappa shape index (κ2) is 9.27. The van der Waals surface area contributed by atoms with Gasteiger partial charge in [-0.25, -0.2) is 0 Å². The van der Waals surface area contributed by atoms with Gasteiger partial charge in [-0.1, -0.05) is 24.3 Å². The second-order valence-electron chi connectivity index (χ2n) is 9.71. The highest BCUT2D eigenvalue weighted by Gasteiger charge is 2.26. The number of aromatic nitrogens is 5. The Morgan fingerprint density at radius 2 is 1.97 bits per heavy atom. The van der Waals surface area contributed by atoms with Crippen molar-refractivity contribution in [1.82, 2.24) is 34.5 Å². The molecule has 4 heterocycles. The second-order valence-corrected chi connectivity index (χ2v) is 9.71. The Hall–Kier alpha value is -3.92. The summed E-state index contributed by atoms with van der Waals surface area (Å²) in [7, 11) is 2.08. The van der Waals surface area contributed by atoms with E-state index >= 15 is 0 Å². The van der Waals surface area contributed by atoms with Crippen LogP contribution in [0.4, 0.5) is 17.5 Å². The minimum absolute atomic E-state index is 0.0881. The van der Waals surface area contributed by atoms with Gasteiger partial charge in [0.05, 0.1) is 23.3 Å². The molecule has 186 valence electrons. The molecule has 4 aromatic rings. The maximum absolute atomic E-state index is 13.0. The number of benzene rings is 1. The summed E-state index contributed by atoms with van der Waals surface area (Å²) in [4.78, 5) is 29.8. The smallest absolute Gasteiger partial charge is 0.247 e. The van der Waals surface area contributed by atoms with E-state index in [1.807, 2.05) is 30.3 Å². The quantitative estimate of drug-likeness (QED) is 0.385. The lowest BCUT2D eigenvalue weighted by Crippen LogP contribution is -2.49. The fraction of sp³-hybridized carbons (Fsp3) is 0.385. The van der Waals surface area contributed by atoms with Crippen LogP contribution in [0.15, 0.2) is 48.9 Å². The maximum Gasteiger partial charge on any atom is 0.247 e. The summed E-state index contributed by atoms with van der Waals surface area (Å²) in [6.07, 6.45) is 7.51. The number of amides is 1. The Morgan fingerprint density at radius 3 is 2.83 bits per heavy atom. The summed E-state index contributed by atoms with van der Waals surface area (Å²) in [5, 5.41) is 12.3. The van der Waals surface area contributed by atoms with Crippen LogP contribution in [0.5, 0.6) is 0 Å². The number of hydrogen-bond acceptors (Lipinski definition) is 7. The first-order chi connectivity index (χ1) is 17.5. The van der Waals surface area contributed by atoms with Crippen molar-refractivity contribution in [3.8, 4) is 0 Å². The molecule has 2 atom stereocenters. The van der Waals surface area contributed by atoms with E-state index < -0.39 is 0 Å². The maximum atomic E-state index is 13.0. The molecule has 1 amide bonds. The first-order valence-electron chi connectivity index (χ1n) is 12.5. The fourth-order valence-electron chi connectivity index (χ4n) is 5.13. The van der Waals surface area contributed by atoms with Crippen LogP contribution in [-0.4, -0.2) is 73.7 Å². The predicted octanol–water partition coefficient (Wildman–Crippen LogP) is 3.33. The van der Waals surface area contributed by atoms with Crippen molar-refractivity contribution in [2.45, 2.75) is 31.8 Å². The van der Waals surface area contributed by atoms with E-state index in [0.29, 0.717) is 5.95 Å². The summed E-state index contributed by atoms with van der Waals surface area (Å²) in [5.74, 6) is 1.35. The Morgan fingerprint density at radius 1 is 1.14 bits per heavy atom. The molecule has 1 fully saturated rings. The highest BCUT2D eigenvalue weighted by Crippen LogP contribution is 2.35. The van der Waals surface area contributed by atoms with Crippen LogP contribution in [0.25, 0.3) is 11.0 Å². The van der Waals surface area contributed by atoms with Gasteiger partial charge in [0, 0.05) is 38.6 Å². The normalized spacial score (nSPS) is 18.8. The molecule has 1 aliphatic heterocycles. The Labute approximate surface area is 209 Å². The number of H-pyrrole nitrogens is 1. The van der Waals surface area contributed by atoms with E-state index in [1.54, 1.807) is 10.9 Å². The molecular formula is C26H31N9O. The highest BCUT2D eigenvalue weighted by atomic mass is 16.2. The van der Waals surface area contributed by atoms with Crippen LogP contribution >= 0.6 is 0 Å². The summed E-state index contributed by atoms with van der Waals surface area (Å²) in [5.41, 5.74) is 4.21. The molecule has 0 saturated carbocycles. The monoisotopic (exact) mass is 485 g/mol. The van der Waals surface area contributed by atoms with Crippen molar-refractivity contribution in [3.63, 3.8) is 0 Å². The summed E-state index contributed by atoms with van der Waals surface area (Å²) in [6, 6.07) is 10.4. The summed E-state index contributed by atoms with van der Waals surface area (Å²) >= 11 is 0. The van der Waals surface area contributed by atoms with Crippen molar-refractivity contribution >= 4 is 34.4 Å². The molecule has 1 aromatic carbocycles. The van der Waals surface area contributed by atoms with E-state index in [4.69, 9.17) is 4.98 Å². The molecule has 0 spiro atoms. The molecule has 1 saturated heterocycles. The van der Waals surface area contributed by atoms with Gasteiger partial charge < -0.3 is 25.4 Å². The van der Waals surface area contributed by atoms with Crippen molar-refractivity contribution in [2.24, 2.45) is 0 Å². The van der Waals surface area contributed by atoms with Crippen molar-refractivity contribution < 1.29 is 4.79 Å². The number of fused-ring (bicyclic) bond motifs is 2. The van der Waals surface area contributed by atoms with Gasteiger partial charge in [-0.15, -0.1) is 0 Å². The molecular weight excluding hydrogens is 454 g/mol. The van der Waals surface area contributed by atoms with Gasteiger partial charge >= 0.3 is 0 Å². The predicted molar refractivity (Wildman–Crippen MR) is 139 cm³/mol. The molecule has 0 bridgehead atoms. The molecule has 10 heteroatoms. The van der Waals surface area contributed by atoms with E-state index in [9.17, 15) is 4.79 Å². The lowest BCUT2D eigenvalue weighted by atomic mass is 10.1. The molecule has 6 rings (SSSR count). The minimum atomic E-state index is -0.379. The molecule has 1 unspecified atom stereocenters. The fourth-order valence-corrected chi connectivity index (χ4v) is 5.13. The standard InChI is InChI=1S/C26H31N9O/c1-17(25(36)34-13-11-33(2)12-14-34)35-16-19(15-28-35)29-26-31-23-21(9-10-27-23)24(32-26)30-22-8-7-18-5-3-4-6-20(18)22/h3-6,9-10,15-17,22H,7-8,11-14H2,1-2H3,(H3,27,29,30,31,32)/t17?,22-/m0/s1. The topological polar surface area (TPSA) is 107 Å². The van der Waals surface area contributed by atoms with E-state index in [1.165, 1.54) is 11.1 Å². The van der Waals surface area contributed by atoms with Crippen LogP contribution < -0.4 is 10.6 Å². The van der Waals surface area contributed by atoms with Gasteiger partial charge in [-0.2, -0.15) is 15.1 Å². The first kappa shape index (κ1) is 22.5. The van der Waals surface area contributed by atoms with Crippen molar-refractivity contribution in [2.75, 3.05) is 43.9 Å². The number of piperazine rings is 1. The van der Waals surface area contributed by atoms with Gasteiger partial charge in [0.1, 0.15) is 17.5 Å². The van der Waals surface area contributed by atoms with E-state index in [-0.39, 0.29) is 18.0 Å². The zero-order valence-corrected chi connectivity index (χ0v) is 20.6. The number of carbonyl (C=O) groups is 1. The van der Waals surface area contributed by atoms with Crippen LogP contribution in [-0.2, 0) is 11.2 Å². The molecule has 3 N–H and O–H groups in total. The first-order valence-corrected chi connectivity index (χ1v) is 12.5. The molecule has 0 radical (unpaired) electrons. The lowest BCUT2D eigenvalue weighted by molar-refractivity contribution is -0.136. The zero-order valence-electron chi connectivity index (χ0n) is 20.6. The van der Waals surface area contributed by atoms with Crippen molar-refractivity contribution in [3.05, 3.63) is 60.0 Å². The zero-order chi connectivity index (χ0) is 24.6. The van der Waals surface area contributed by atoms with Crippen LogP contribution in [0, 0.1) is 0 Å². The third kappa shape index (κ3) is 4.28. The third-order valence-electron chi connectivity index (χ3n) is 7.29. The minimum Gasteiger partial charge on any atom is -0.363 e. The molecule has 3 aromatic heterocycles. The number of aromatic amines is 1. The molecule has 10 nitrogen and oxygen atoms in total. The number of hydrogen-bond donors (Lipinski definition) is 3. The number of nitrogens with zero attached hydrogens (tertiary/aromatic N) is 6. The van der Waals surface area contributed by atoms with Crippen LogP contribution in [0.2, 0.25) is 0 Å². The molecule has 1 aliphatic carbocycles. The highest BCUT2D eigenvalue weighted by molar-refractivity contribution is 5.88. The number of carbonyl (C=O) groups excluding carboxylic acids is 1. The third-order valence-corrected chi connectivity index (χ3v) is 7.29. The van der Waals surface area contributed by atoms with Gasteiger partial charge in [0.2, 0.25) is 11.9 Å². The lowest BCUT2D eigenvalue weighted by Gasteiger charge is -2.33. The van der Waals surface area contributed by atoms with Crippen LogP contribution in [0.1, 0.15) is 36.6 Å². The van der Waals surface area contributed by atoms with Gasteiger partial charge in [-0.3, -0.25) is 9.48 Å². The summed E-state index contributed by atoms with van der Waals surface area (Å²) in [6.45, 7) is 5.17. The Bertz CT molecular complexity index is 1390. The largest absolute Gasteiger partial charge is 0.363 e. The van der Waals surface area contributed by atoms with E-state index in [2.05, 4.69) is 61.9 Å². The number of rotatable bonds is 6. The van der Waals surface area contributed by atoms with Gasteiger partial charge in [0.15, 0.2) is 0 Å². The van der Waals surface area contributed by atoms with E-state index in [0.717, 1.165) is 61.6 Å². The Balaban J connectivity index is 1.19. The number of aryl methyl sites for hydroxylation is 1. The number of anilines is 3. The van der Waals surface area contributed by atoms with Gasteiger partial charge in [0.25, 0.3) is 0 Å². The van der Waals surface area contributed by atoms with Crippen molar-refractivity contribution in [1.29, 1.82) is 0 Å². The SMILES string of the molecule is CC(C(=O)N1CCN(C)CC1)n1cc(Nc2nc(N[C@H]3CCc4ccccc43)c3cc[nH]c3n2)cn1. The Kier molecular flexibility index (Phi) is 5.80.